The van der Waals surface area contributed by atoms with Crippen LogP contribution in [0.4, 0.5) is 11.4 Å². The van der Waals surface area contributed by atoms with Crippen molar-refractivity contribution in [3.63, 3.8) is 0 Å². The van der Waals surface area contributed by atoms with Crippen LogP contribution in [0.5, 0.6) is 0 Å². The average molecular weight is 335 g/mol. The Labute approximate surface area is 145 Å². The van der Waals surface area contributed by atoms with Crippen molar-refractivity contribution in [1.82, 2.24) is 0 Å². The van der Waals surface area contributed by atoms with Crippen LogP contribution >= 0.6 is 0 Å². The molecule has 126 valence electrons. The number of carbonyl (C=O) groups is 2. The number of hydrogen-bond acceptors (Lipinski definition) is 5. The van der Waals surface area contributed by atoms with E-state index >= 15 is 0 Å². The summed E-state index contributed by atoms with van der Waals surface area (Å²) in [5, 5.41) is 14.5. The maximum atomic E-state index is 12.3. The van der Waals surface area contributed by atoms with Gasteiger partial charge in [-0.2, -0.15) is 5.26 Å². The monoisotopic (exact) mass is 335 g/mol. The Morgan fingerprint density at radius 1 is 1.12 bits per heavy atom. The highest BCUT2D eigenvalue weighted by molar-refractivity contribution is 6.04. The predicted molar refractivity (Wildman–Crippen MR) is 94.9 cm³/mol. The molecule has 0 heterocycles. The van der Waals surface area contributed by atoms with Gasteiger partial charge in [-0.3, -0.25) is 4.79 Å². The third-order valence-corrected chi connectivity index (χ3v) is 3.31. The van der Waals surface area contributed by atoms with E-state index in [2.05, 4.69) is 15.4 Å². The molecular weight excluding hydrogens is 318 g/mol. The second-order valence-corrected chi connectivity index (χ2v) is 5.21. The number of nitrogens with zero attached hydrogens (tertiary/aromatic N) is 1. The standard InChI is InChI=1S/C19H17N3O3/c1-13-5-3-8-17(9-13)22-18(23)14-6-4-7-16(10-14)21-12-15(11-20)19(24)25-2/h3-10,12,21H,1-2H3,(H,22,23)/b15-12-. The van der Waals surface area contributed by atoms with Gasteiger partial charge in [-0.25, -0.2) is 4.79 Å². The van der Waals surface area contributed by atoms with Crippen molar-refractivity contribution in [3.8, 4) is 6.07 Å². The van der Waals surface area contributed by atoms with Gasteiger partial charge in [0.2, 0.25) is 0 Å². The van der Waals surface area contributed by atoms with Gasteiger partial charge in [-0.15, -0.1) is 0 Å². The molecule has 0 unspecified atom stereocenters. The van der Waals surface area contributed by atoms with Gasteiger partial charge >= 0.3 is 5.97 Å². The summed E-state index contributed by atoms with van der Waals surface area (Å²) in [5.74, 6) is -0.991. The van der Waals surface area contributed by atoms with E-state index < -0.39 is 5.97 Å². The van der Waals surface area contributed by atoms with Crippen molar-refractivity contribution in [3.05, 3.63) is 71.4 Å². The van der Waals surface area contributed by atoms with Crippen LogP contribution in [0.25, 0.3) is 0 Å². The van der Waals surface area contributed by atoms with Gasteiger partial charge in [-0.1, -0.05) is 18.2 Å². The van der Waals surface area contributed by atoms with Crippen molar-refractivity contribution in [2.24, 2.45) is 0 Å². The highest BCUT2D eigenvalue weighted by atomic mass is 16.5. The van der Waals surface area contributed by atoms with Crippen LogP contribution in [0.2, 0.25) is 0 Å². The fourth-order valence-electron chi connectivity index (χ4n) is 2.08. The van der Waals surface area contributed by atoms with Crippen LogP contribution < -0.4 is 10.6 Å². The van der Waals surface area contributed by atoms with Crippen molar-refractivity contribution < 1.29 is 14.3 Å². The second-order valence-electron chi connectivity index (χ2n) is 5.21. The maximum Gasteiger partial charge on any atom is 0.350 e. The molecule has 0 spiro atoms. The highest BCUT2D eigenvalue weighted by Crippen LogP contribution is 2.15. The summed E-state index contributed by atoms with van der Waals surface area (Å²) >= 11 is 0. The Hall–Kier alpha value is -3.59. The number of amides is 1. The summed E-state index contributed by atoms with van der Waals surface area (Å²) < 4.78 is 4.50. The molecule has 2 rings (SSSR count). The third-order valence-electron chi connectivity index (χ3n) is 3.31. The number of benzene rings is 2. The molecule has 0 saturated heterocycles. The van der Waals surface area contributed by atoms with Crippen LogP contribution in [0, 0.1) is 18.3 Å². The van der Waals surface area contributed by atoms with Crippen molar-refractivity contribution >= 4 is 23.3 Å². The third kappa shape index (κ3) is 4.94. The van der Waals surface area contributed by atoms with Gasteiger partial charge in [0.1, 0.15) is 6.07 Å². The molecule has 2 N–H and O–H groups in total. The van der Waals surface area contributed by atoms with Gasteiger partial charge in [0.15, 0.2) is 5.57 Å². The Morgan fingerprint density at radius 2 is 1.84 bits per heavy atom. The summed E-state index contributed by atoms with van der Waals surface area (Å²) in [5.41, 5.74) is 2.59. The first-order chi connectivity index (χ1) is 12.0. The molecule has 0 saturated carbocycles. The largest absolute Gasteiger partial charge is 0.465 e. The molecule has 0 aliphatic heterocycles. The number of carbonyl (C=O) groups excluding carboxylic acids is 2. The molecule has 0 atom stereocenters. The Kier molecular flexibility index (Phi) is 5.91. The first-order valence-corrected chi connectivity index (χ1v) is 7.46. The minimum atomic E-state index is -0.733. The molecule has 0 aromatic heterocycles. The molecule has 2 aromatic rings. The Morgan fingerprint density at radius 3 is 2.52 bits per heavy atom. The fourth-order valence-corrected chi connectivity index (χ4v) is 2.08. The zero-order valence-corrected chi connectivity index (χ0v) is 13.9. The zero-order valence-electron chi connectivity index (χ0n) is 13.9. The minimum absolute atomic E-state index is 0.169. The Balaban J connectivity index is 2.13. The van der Waals surface area contributed by atoms with Gasteiger partial charge in [0.25, 0.3) is 5.91 Å². The highest BCUT2D eigenvalue weighted by Gasteiger charge is 2.09. The lowest BCUT2D eigenvalue weighted by atomic mass is 10.1. The lowest BCUT2D eigenvalue weighted by molar-refractivity contribution is -0.135. The molecule has 2 aromatic carbocycles. The van der Waals surface area contributed by atoms with E-state index in [1.54, 1.807) is 30.3 Å². The second kappa shape index (κ2) is 8.31. The molecular formula is C19H17N3O3. The molecule has 6 nitrogen and oxygen atoms in total. The van der Waals surface area contributed by atoms with Crippen LogP contribution in [-0.4, -0.2) is 19.0 Å². The van der Waals surface area contributed by atoms with Crippen LogP contribution in [0.1, 0.15) is 15.9 Å². The molecule has 0 aliphatic carbocycles. The summed E-state index contributed by atoms with van der Waals surface area (Å²) in [6, 6.07) is 15.9. The number of anilines is 2. The van der Waals surface area contributed by atoms with Crippen molar-refractivity contribution in [1.29, 1.82) is 5.26 Å². The van der Waals surface area contributed by atoms with Crippen molar-refractivity contribution in [2.45, 2.75) is 6.92 Å². The molecule has 0 fully saturated rings. The average Bonchev–Trinajstić information content (AvgIpc) is 2.62. The number of hydrogen-bond donors (Lipinski definition) is 2. The SMILES string of the molecule is COC(=O)/C(C#N)=C\Nc1cccc(C(=O)Nc2cccc(C)c2)c1. The number of nitrogens with one attached hydrogen (secondary N) is 2. The molecule has 0 aliphatic rings. The smallest absolute Gasteiger partial charge is 0.350 e. The molecule has 0 bridgehead atoms. The first kappa shape index (κ1) is 17.8. The zero-order chi connectivity index (χ0) is 18.2. The molecule has 1 amide bonds. The van der Waals surface area contributed by atoms with Crippen LogP contribution in [0.3, 0.4) is 0 Å². The maximum absolute atomic E-state index is 12.3. The van der Waals surface area contributed by atoms with E-state index in [1.165, 1.54) is 13.3 Å². The normalized spacial score (nSPS) is 10.5. The van der Waals surface area contributed by atoms with E-state index in [0.717, 1.165) is 5.56 Å². The lowest BCUT2D eigenvalue weighted by Crippen LogP contribution is -2.12. The summed E-state index contributed by atoms with van der Waals surface area (Å²) in [6.07, 6.45) is 1.24. The van der Waals surface area contributed by atoms with Gasteiger partial charge in [0.05, 0.1) is 7.11 Å². The first-order valence-electron chi connectivity index (χ1n) is 7.46. The predicted octanol–water partition coefficient (Wildman–Crippen LogP) is 3.24. The molecule has 25 heavy (non-hydrogen) atoms. The number of rotatable bonds is 5. The van der Waals surface area contributed by atoms with E-state index in [0.29, 0.717) is 16.9 Å². The summed E-state index contributed by atoms with van der Waals surface area (Å²) in [4.78, 5) is 23.7. The number of methoxy groups -OCH3 is 1. The van der Waals surface area contributed by atoms with Crippen LogP contribution in [-0.2, 0) is 9.53 Å². The summed E-state index contributed by atoms with van der Waals surface area (Å²) in [6.45, 7) is 1.95. The number of nitriles is 1. The van der Waals surface area contributed by atoms with Crippen molar-refractivity contribution in [2.75, 3.05) is 17.7 Å². The van der Waals surface area contributed by atoms with Gasteiger partial charge in [-0.05, 0) is 42.8 Å². The van der Waals surface area contributed by atoms with E-state index in [-0.39, 0.29) is 11.5 Å². The van der Waals surface area contributed by atoms with Gasteiger partial charge < -0.3 is 15.4 Å². The number of aryl methyl sites for hydroxylation is 1. The van der Waals surface area contributed by atoms with Gasteiger partial charge in [0, 0.05) is 23.1 Å². The fraction of sp³-hybridized carbons (Fsp3) is 0.105. The lowest BCUT2D eigenvalue weighted by Gasteiger charge is -2.08. The van der Waals surface area contributed by atoms with E-state index in [9.17, 15) is 9.59 Å². The van der Waals surface area contributed by atoms with Crippen LogP contribution in [0.15, 0.2) is 60.3 Å². The number of ether oxygens (including phenoxy) is 1. The van der Waals surface area contributed by atoms with E-state index in [4.69, 9.17) is 5.26 Å². The quantitative estimate of drug-likeness (QED) is 0.497. The summed E-state index contributed by atoms with van der Waals surface area (Å²) in [7, 11) is 1.20. The minimum Gasteiger partial charge on any atom is -0.465 e. The molecule has 0 radical (unpaired) electrons. The van der Waals surface area contributed by atoms with E-state index in [1.807, 2.05) is 31.2 Å². The number of esters is 1. The Bertz CT molecular complexity index is 866. The molecule has 6 heteroatoms. The topological polar surface area (TPSA) is 91.2 Å².